The van der Waals surface area contributed by atoms with Gasteiger partial charge in [-0.2, -0.15) is 0 Å². The Hall–Kier alpha value is -1.71. The van der Waals surface area contributed by atoms with Gasteiger partial charge in [0.25, 0.3) is 0 Å². The molecule has 4 nitrogen and oxygen atoms in total. The number of methoxy groups -OCH3 is 1. The summed E-state index contributed by atoms with van der Waals surface area (Å²) < 4.78 is 5.08. The topological polar surface area (TPSA) is 58.6 Å². The van der Waals surface area contributed by atoms with Gasteiger partial charge in [0, 0.05) is 6.04 Å². The summed E-state index contributed by atoms with van der Waals surface area (Å²) in [5.74, 6) is 2.47. The Morgan fingerprint density at radius 1 is 1.17 bits per heavy atom. The number of carbonyl (C=O) groups is 1. The Balaban J connectivity index is 1.44. The summed E-state index contributed by atoms with van der Waals surface area (Å²) in [6.45, 7) is 0. The molecule has 2 N–H and O–H groups in total. The summed E-state index contributed by atoms with van der Waals surface area (Å²) >= 11 is 0. The van der Waals surface area contributed by atoms with Crippen molar-refractivity contribution < 1.29 is 14.6 Å². The zero-order valence-corrected chi connectivity index (χ0v) is 13.9. The van der Waals surface area contributed by atoms with Gasteiger partial charge in [0.2, 0.25) is 5.91 Å². The second-order valence-corrected chi connectivity index (χ2v) is 7.15. The van der Waals surface area contributed by atoms with E-state index in [1.807, 2.05) is 0 Å². The second kappa shape index (κ2) is 7.24. The van der Waals surface area contributed by atoms with Crippen LogP contribution in [-0.4, -0.2) is 24.2 Å². The molecule has 2 aliphatic rings. The van der Waals surface area contributed by atoms with Crippen LogP contribution in [0, 0.1) is 11.8 Å². The second-order valence-electron chi connectivity index (χ2n) is 7.15. The van der Waals surface area contributed by atoms with Crippen molar-refractivity contribution >= 4 is 5.91 Å². The lowest BCUT2D eigenvalue weighted by Crippen LogP contribution is -2.38. The van der Waals surface area contributed by atoms with Crippen LogP contribution >= 0.6 is 0 Å². The van der Waals surface area contributed by atoms with E-state index in [2.05, 4.69) is 5.32 Å². The van der Waals surface area contributed by atoms with Crippen molar-refractivity contribution in [2.45, 2.75) is 57.4 Å². The summed E-state index contributed by atoms with van der Waals surface area (Å²) in [6.07, 6.45) is 9.36. The number of carbonyl (C=O) groups excluding carboxylic acids is 1. The fourth-order valence-electron chi connectivity index (χ4n) is 3.66. The number of phenolic OH excluding ortho intramolecular Hbond substituents is 1. The Kier molecular flexibility index (Phi) is 5.09. The molecule has 1 aromatic carbocycles. The zero-order valence-electron chi connectivity index (χ0n) is 13.9. The van der Waals surface area contributed by atoms with Crippen LogP contribution in [-0.2, 0) is 11.2 Å². The van der Waals surface area contributed by atoms with E-state index in [0.717, 1.165) is 30.2 Å². The third-order valence-electron chi connectivity index (χ3n) is 5.18. The molecule has 0 radical (unpaired) electrons. The first-order chi connectivity index (χ1) is 11.1. The molecule has 2 fully saturated rings. The number of amides is 1. The van der Waals surface area contributed by atoms with Crippen molar-refractivity contribution in [1.82, 2.24) is 5.32 Å². The molecule has 1 aromatic rings. The molecule has 0 bridgehead atoms. The van der Waals surface area contributed by atoms with Crippen LogP contribution in [0.2, 0.25) is 0 Å². The van der Waals surface area contributed by atoms with Crippen molar-refractivity contribution in [2.24, 2.45) is 11.8 Å². The van der Waals surface area contributed by atoms with Crippen LogP contribution in [0.5, 0.6) is 11.5 Å². The van der Waals surface area contributed by atoms with Crippen molar-refractivity contribution in [3.63, 3.8) is 0 Å². The predicted octanol–water partition coefficient (Wildman–Crippen LogP) is 3.42. The highest BCUT2D eigenvalue weighted by molar-refractivity contribution is 5.79. The van der Waals surface area contributed by atoms with E-state index < -0.39 is 0 Å². The number of phenols is 1. The zero-order chi connectivity index (χ0) is 16.2. The first kappa shape index (κ1) is 16.2. The molecule has 0 unspecified atom stereocenters. The van der Waals surface area contributed by atoms with E-state index in [1.165, 1.54) is 39.2 Å². The standard InChI is InChI=1S/C19H27NO3/c1-23-18-11-15(6-9-17(18)21)12-19(22)20-16-7-4-14(5-8-16)10-13-2-3-13/h6,9,11,13-14,16,21H,2-5,7-8,10,12H2,1H3,(H,20,22). The van der Waals surface area contributed by atoms with Gasteiger partial charge < -0.3 is 15.2 Å². The minimum Gasteiger partial charge on any atom is -0.504 e. The maximum Gasteiger partial charge on any atom is 0.224 e. The quantitative estimate of drug-likeness (QED) is 0.845. The molecule has 0 saturated heterocycles. The molecular formula is C19H27NO3. The molecular weight excluding hydrogens is 290 g/mol. The summed E-state index contributed by atoms with van der Waals surface area (Å²) in [5, 5.41) is 12.8. The van der Waals surface area contributed by atoms with Crippen molar-refractivity contribution in [2.75, 3.05) is 7.11 Å². The molecule has 1 amide bonds. The van der Waals surface area contributed by atoms with Gasteiger partial charge >= 0.3 is 0 Å². The largest absolute Gasteiger partial charge is 0.504 e. The maximum atomic E-state index is 12.2. The predicted molar refractivity (Wildman–Crippen MR) is 89.6 cm³/mol. The van der Waals surface area contributed by atoms with E-state index >= 15 is 0 Å². The van der Waals surface area contributed by atoms with E-state index in [9.17, 15) is 9.90 Å². The number of ether oxygens (including phenoxy) is 1. The number of hydrogen-bond donors (Lipinski definition) is 2. The molecule has 0 aliphatic heterocycles. The molecule has 2 saturated carbocycles. The van der Waals surface area contributed by atoms with Crippen LogP contribution in [0.1, 0.15) is 50.5 Å². The fourth-order valence-corrected chi connectivity index (χ4v) is 3.66. The monoisotopic (exact) mass is 317 g/mol. The molecule has 0 aromatic heterocycles. The summed E-state index contributed by atoms with van der Waals surface area (Å²) in [4.78, 5) is 12.2. The highest BCUT2D eigenvalue weighted by Crippen LogP contribution is 2.39. The smallest absolute Gasteiger partial charge is 0.224 e. The van der Waals surface area contributed by atoms with Gasteiger partial charge in [-0.3, -0.25) is 4.79 Å². The summed E-state index contributed by atoms with van der Waals surface area (Å²) in [7, 11) is 1.51. The minimum absolute atomic E-state index is 0.0587. The van der Waals surface area contributed by atoms with Gasteiger partial charge in [-0.05, 0) is 61.6 Å². The third-order valence-corrected chi connectivity index (χ3v) is 5.18. The molecule has 2 aliphatic carbocycles. The number of aromatic hydroxyl groups is 1. The van der Waals surface area contributed by atoms with Crippen LogP contribution in [0.4, 0.5) is 0 Å². The molecule has 0 heterocycles. The summed E-state index contributed by atoms with van der Waals surface area (Å²) in [5.41, 5.74) is 0.861. The van der Waals surface area contributed by atoms with Crippen LogP contribution in [0.25, 0.3) is 0 Å². The van der Waals surface area contributed by atoms with Crippen molar-refractivity contribution in [3.05, 3.63) is 23.8 Å². The SMILES string of the molecule is COc1cc(CC(=O)NC2CCC(CC3CC3)CC2)ccc1O. The third kappa shape index (κ3) is 4.63. The average molecular weight is 317 g/mol. The maximum absolute atomic E-state index is 12.2. The van der Waals surface area contributed by atoms with E-state index in [4.69, 9.17) is 4.74 Å². The van der Waals surface area contributed by atoms with Crippen LogP contribution in [0.3, 0.4) is 0 Å². The van der Waals surface area contributed by atoms with Gasteiger partial charge in [0.1, 0.15) is 0 Å². The molecule has 0 atom stereocenters. The lowest BCUT2D eigenvalue weighted by Gasteiger charge is -2.29. The Morgan fingerprint density at radius 2 is 1.83 bits per heavy atom. The van der Waals surface area contributed by atoms with Crippen molar-refractivity contribution in [3.8, 4) is 11.5 Å². The highest BCUT2D eigenvalue weighted by Gasteiger charge is 2.28. The number of hydrogen-bond acceptors (Lipinski definition) is 3. The average Bonchev–Trinajstić information content (AvgIpc) is 3.35. The Bertz CT molecular complexity index is 546. The minimum atomic E-state index is 0.0587. The number of benzene rings is 1. The molecule has 3 rings (SSSR count). The van der Waals surface area contributed by atoms with Crippen LogP contribution < -0.4 is 10.1 Å². The van der Waals surface area contributed by atoms with Gasteiger partial charge in [-0.15, -0.1) is 0 Å². The summed E-state index contributed by atoms with van der Waals surface area (Å²) in [6, 6.07) is 5.40. The first-order valence-electron chi connectivity index (χ1n) is 8.79. The van der Waals surface area contributed by atoms with E-state index in [-0.39, 0.29) is 11.7 Å². The first-order valence-corrected chi connectivity index (χ1v) is 8.79. The van der Waals surface area contributed by atoms with Gasteiger partial charge in [-0.1, -0.05) is 18.9 Å². The lowest BCUT2D eigenvalue weighted by atomic mass is 9.83. The molecule has 0 spiro atoms. The van der Waals surface area contributed by atoms with Gasteiger partial charge in [0.15, 0.2) is 11.5 Å². The Labute approximate surface area is 138 Å². The van der Waals surface area contributed by atoms with E-state index in [1.54, 1.807) is 18.2 Å². The molecule has 23 heavy (non-hydrogen) atoms. The highest BCUT2D eigenvalue weighted by atomic mass is 16.5. The van der Waals surface area contributed by atoms with Crippen LogP contribution in [0.15, 0.2) is 18.2 Å². The molecule has 4 heteroatoms. The van der Waals surface area contributed by atoms with Gasteiger partial charge in [-0.25, -0.2) is 0 Å². The number of nitrogens with one attached hydrogen (secondary N) is 1. The number of rotatable bonds is 6. The van der Waals surface area contributed by atoms with Crippen molar-refractivity contribution in [1.29, 1.82) is 0 Å². The Morgan fingerprint density at radius 3 is 2.43 bits per heavy atom. The normalized spacial score (nSPS) is 24.2. The fraction of sp³-hybridized carbons (Fsp3) is 0.632. The lowest BCUT2D eigenvalue weighted by molar-refractivity contribution is -0.121. The van der Waals surface area contributed by atoms with Gasteiger partial charge in [0.05, 0.1) is 13.5 Å². The van der Waals surface area contributed by atoms with E-state index in [0.29, 0.717) is 18.2 Å². The molecule has 126 valence electrons.